The highest BCUT2D eigenvalue weighted by Gasteiger charge is 2.34. The first-order valence-electron chi connectivity index (χ1n) is 6.73. The molecule has 0 saturated carbocycles. The molecule has 0 aliphatic carbocycles. The number of rotatable bonds is 2. The van der Waals surface area contributed by atoms with Crippen molar-refractivity contribution in [2.75, 3.05) is 38.2 Å². The van der Waals surface area contributed by atoms with Crippen LogP contribution in [-0.4, -0.2) is 49.0 Å². The first-order chi connectivity index (χ1) is 8.26. The minimum Gasteiger partial charge on any atom is -0.342 e. The summed E-state index contributed by atoms with van der Waals surface area (Å²) < 4.78 is 0. The van der Waals surface area contributed by atoms with E-state index in [0.29, 0.717) is 17.1 Å². The molecule has 4 heteroatoms. The van der Waals surface area contributed by atoms with Gasteiger partial charge in [0.25, 0.3) is 0 Å². The van der Waals surface area contributed by atoms with E-state index in [9.17, 15) is 4.79 Å². The molecule has 2 fully saturated rings. The molecule has 0 aromatic rings. The summed E-state index contributed by atoms with van der Waals surface area (Å²) in [6, 6.07) is 0. The molecule has 0 atom stereocenters. The molecule has 3 nitrogen and oxygen atoms in total. The maximum Gasteiger partial charge on any atom is 0.232 e. The largest absolute Gasteiger partial charge is 0.342 e. The number of nitrogens with zero attached hydrogens (tertiary/aromatic N) is 1. The second-order valence-corrected chi connectivity index (χ2v) is 6.28. The van der Waals surface area contributed by atoms with Crippen molar-refractivity contribution in [2.45, 2.75) is 32.1 Å². The number of piperidine rings is 1. The Balaban J connectivity index is 1.90. The zero-order chi connectivity index (χ0) is 12.1. The Morgan fingerprint density at radius 1 is 1.24 bits per heavy atom. The van der Waals surface area contributed by atoms with Crippen LogP contribution >= 0.6 is 11.8 Å². The quantitative estimate of drug-likeness (QED) is 0.816. The summed E-state index contributed by atoms with van der Waals surface area (Å²) >= 11 is 1.64. The summed E-state index contributed by atoms with van der Waals surface area (Å²) in [6.07, 6.45) is 8.34. The Hall–Kier alpha value is -0.220. The minimum atomic E-state index is 0.337. The van der Waals surface area contributed by atoms with Crippen LogP contribution in [0.4, 0.5) is 0 Å². The Bertz CT molecular complexity index is 264. The molecule has 0 radical (unpaired) electrons. The maximum absolute atomic E-state index is 11.9. The van der Waals surface area contributed by atoms with Crippen molar-refractivity contribution in [3.05, 3.63) is 0 Å². The van der Waals surface area contributed by atoms with Gasteiger partial charge in [0.05, 0.1) is 5.75 Å². The van der Waals surface area contributed by atoms with Crippen molar-refractivity contribution >= 4 is 17.7 Å². The number of thioether (sulfide) groups is 1. The first-order valence-corrected chi connectivity index (χ1v) is 8.13. The van der Waals surface area contributed by atoms with E-state index < -0.39 is 0 Å². The van der Waals surface area contributed by atoms with Crippen molar-refractivity contribution in [3.63, 3.8) is 0 Å². The summed E-state index contributed by atoms with van der Waals surface area (Å²) in [5, 5.41) is 3.45. The van der Waals surface area contributed by atoms with Crippen LogP contribution in [0.3, 0.4) is 0 Å². The molecule has 17 heavy (non-hydrogen) atoms. The van der Waals surface area contributed by atoms with Gasteiger partial charge in [-0.05, 0) is 56.9 Å². The van der Waals surface area contributed by atoms with E-state index in [-0.39, 0.29) is 0 Å². The number of hydrogen-bond donors (Lipinski definition) is 1. The van der Waals surface area contributed by atoms with Gasteiger partial charge in [0.1, 0.15) is 0 Å². The zero-order valence-electron chi connectivity index (χ0n) is 10.8. The molecule has 2 heterocycles. The summed E-state index contributed by atoms with van der Waals surface area (Å²) in [4.78, 5) is 14.0. The second kappa shape index (κ2) is 6.10. The molecular weight excluding hydrogens is 232 g/mol. The van der Waals surface area contributed by atoms with Crippen LogP contribution in [0.1, 0.15) is 32.1 Å². The SMILES string of the molecule is CSCC(=O)N1CCCC2(CCNCC2)CC1. The predicted molar refractivity (Wildman–Crippen MR) is 73.3 cm³/mol. The van der Waals surface area contributed by atoms with Crippen molar-refractivity contribution in [2.24, 2.45) is 5.41 Å². The lowest BCUT2D eigenvalue weighted by Crippen LogP contribution is -2.38. The Morgan fingerprint density at radius 2 is 2.00 bits per heavy atom. The third-order valence-electron chi connectivity index (χ3n) is 4.33. The van der Waals surface area contributed by atoms with Crippen LogP contribution in [-0.2, 0) is 4.79 Å². The standard InChI is InChI=1S/C13H24N2OS/c1-17-11-12(16)15-9-2-3-13(6-10-15)4-7-14-8-5-13/h14H,2-11H2,1H3. The van der Waals surface area contributed by atoms with Crippen molar-refractivity contribution in [1.29, 1.82) is 0 Å². The van der Waals surface area contributed by atoms with E-state index in [2.05, 4.69) is 10.2 Å². The van der Waals surface area contributed by atoms with Gasteiger partial charge in [-0.15, -0.1) is 0 Å². The fraction of sp³-hybridized carbons (Fsp3) is 0.923. The van der Waals surface area contributed by atoms with Crippen molar-refractivity contribution in [3.8, 4) is 0 Å². The highest BCUT2D eigenvalue weighted by Crippen LogP contribution is 2.39. The van der Waals surface area contributed by atoms with Crippen LogP contribution in [0.25, 0.3) is 0 Å². The third-order valence-corrected chi connectivity index (χ3v) is 4.87. The van der Waals surface area contributed by atoms with E-state index in [4.69, 9.17) is 0 Å². The number of likely N-dealkylation sites (tertiary alicyclic amines) is 1. The van der Waals surface area contributed by atoms with Crippen LogP contribution in [0.5, 0.6) is 0 Å². The molecule has 0 aromatic heterocycles. The molecule has 0 unspecified atom stereocenters. The van der Waals surface area contributed by atoms with E-state index in [0.717, 1.165) is 13.1 Å². The number of amides is 1. The van der Waals surface area contributed by atoms with Gasteiger partial charge < -0.3 is 10.2 Å². The van der Waals surface area contributed by atoms with E-state index in [1.165, 1.54) is 45.2 Å². The molecule has 1 spiro atoms. The number of carbonyl (C=O) groups is 1. The fourth-order valence-corrected chi connectivity index (χ4v) is 3.60. The van der Waals surface area contributed by atoms with E-state index in [1.54, 1.807) is 11.8 Å². The van der Waals surface area contributed by atoms with Gasteiger partial charge in [-0.1, -0.05) is 0 Å². The molecule has 1 N–H and O–H groups in total. The van der Waals surface area contributed by atoms with E-state index >= 15 is 0 Å². The average Bonchev–Trinajstić information content (AvgIpc) is 2.54. The van der Waals surface area contributed by atoms with Gasteiger partial charge in [0.15, 0.2) is 0 Å². The van der Waals surface area contributed by atoms with Gasteiger partial charge in [0, 0.05) is 13.1 Å². The van der Waals surface area contributed by atoms with Gasteiger partial charge in [-0.2, -0.15) is 11.8 Å². The molecule has 2 aliphatic heterocycles. The lowest BCUT2D eigenvalue weighted by Gasteiger charge is -2.37. The lowest BCUT2D eigenvalue weighted by atomic mass is 9.73. The van der Waals surface area contributed by atoms with Gasteiger partial charge >= 0.3 is 0 Å². The third kappa shape index (κ3) is 3.38. The molecule has 1 amide bonds. The highest BCUT2D eigenvalue weighted by molar-refractivity contribution is 7.99. The molecule has 98 valence electrons. The monoisotopic (exact) mass is 256 g/mol. The normalized spacial score (nSPS) is 24.6. The Labute approximate surface area is 109 Å². The smallest absolute Gasteiger partial charge is 0.232 e. The van der Waals surface area contributed by atoms with Crippen molar-refractivity contribution < 1.29 is 4.79 Å². The Morgan fingerprint density at radius 3 is 2.71 bits per heavy atom. The second-order valence-electron chi connectivity index (χ2n) is 5.42. The molecule has 0 aromatic carbocycles. The first kappa shape index (κ1) is 13.2. The molecule has 2 rings (SSSR count). The van der Waals surface area contributed by atoms with E-state index in [1.807, 2.05) is 6.26 Å². The number of carbonyl (C=O) groups excluding carboxylic acids is 1. The van der Waals surface area contributed by atoms with Crippen LogP contribution in [0.2, 0.25) is 0 Å². The van der Waals surface area contributed by atoms with Crippen LogP contribution in [0, 0.1) is 5.41 Å². The fourth-order valence-electron chi connectivity index (χ4n) is 3.18. The van der Waals surface area contributed by atoms with Crippen LogP contribution in [0.15, 0.2) is 0 Å². The van der Waals surface area contributed by atoms with Gasteiger partial charge in [-0.25, -0.2) is 0 Å². The summed E-state index contributed by atoms with van der Waals surface area (Å²) in [5.41, 5.74) is 0.541. The Kier molecular flexibility index (Phi) is 4.74. The summed E-state index contributed by atoms with van der Waals surface area (Å²) in [6.45, 7) is 4.30. The molecule has 2 aliphatic rings. The summed E-state index contributed by atoms with van der Waals surface area (Å²) in [5.74, 6) is 0.984. The molecule has 0 bridgehead atoms. The zero-order valence-corrected chi connectivity index (χ0v) is 11.7. The molecular formula is C13H24N2OS. The minimum absolute atomic E-state index is 0.337. The maximum atomic E-state index is 11.9. The molecule has 2 saturated heterocycles. The number of hydrogen-bond acceptors (Lipinski definition) is 3. The van der Waals surface area contributed by atoms with Gasteiger partial charge in [0.2, 0.25) is 5.91 Å². The van der Waals surface area contributed by atoms with Crippen LogP contribution < -0.4 is 5.32 Å². The lowest BCUT2D eigenvalue weighted by molar-refractivity contribution is -0.128. The average molecular weight is 256 g/mol. The number of nitrogens with one attached hydrogen (secondary N) is 1. The van der Waals surface area contributed by atoms with Gasteiger partial charge in [-0.3, -0.25) is 4.79 Å². The predicted octanol–water partition coefficient (Wildman–Crippen LogP) is 1.73. The highest BCUT2D eigenvalue weighted by atomic mass is 32.2. The topological polar surface area (TPSA) is 32.3 Å². The van der Waals surface area contributed by atoms with Crippen molar-refractivity contribution in [1.82, 2.24) is 10.2 Å². The summed E-state index contributed by atoms with van der Waals surface area (Å²) in [7, 11) is 0.